The molecular formula is C18H23N3O. The highest BCUT2D eigenvalue weighted by atomic mass is 16.3. The Morgan fingerprint density at radius 2 is 1.77 bits per heavy atom. The van der Waals surface area contributed by atoms with Crippen LogP contribution in [0.25, 0.3) is 0 Å². The Morgan fingerprint density at radius 3 is 2.36 bits per heavy atom. The third-order valence-corrected chi connectivity index (χ3v) is 4.94. The van der Waals surface area contributed by atoms with E-state index in [9.17, 15) is 0 Å². The predicted molar refractivity (Wildman–Crippen MR) is 85.2 cm³/mol. The number of likely N-dealkylation sites (tertiary alicyclic amines) is 2. The normalized spacial score (nSPS) is 25.7. The Balaban J connectivity index is 1.31. The fourth-order valence-corrected chi connectivity index (χ4v) is 3.99. The highest BCUT2D eigenvalue weighted by molar-refractivity contribution is 5.10. The maximum Gasteiger partial charge on any atom is 0.118 e. The standard InChI is InChI=1S/C18H23N3O/c1-14-4-5-18(22-14)13-21-11-16-9-20(10-17(16)12-21)8-15-3-2-6-19-7-15/h2-7,16-17H,8-13H2,1H3/t16-,17-/m1/s1. The summed E-state index contributed by atoms with van der Waals surface area (Å²) in [6.07, 6.45) is 3.83. The molecule has 0 amide bonds. The van der Waals surface area contributed by atoms with E-state index in [0.717, 1.165) is 36.4 Å². The van der Waals surface area contributed by atoms with E-state index in [0.29, 0.717) is 0 Å². The fourth-order valence-electron chi connectivity index (χ4n) is 3.99. The van der Waals surface area contributed by atoms with Crippen molar-refractivity contribution in [3.8, 4) is 0 Å². The van der Waals surface area contributed by atoms with Gasteiger partial charge in [-0.15, -0.1) is 0 Å². The molecule has 116 valence electrons. The van der Waals surface area contributed by atoms with Gasteiger partial charge in [-0.05, 0) is 42.5 Å². The van der Waals surface area contributed by atoms with Crippen molar-refractivity contribution in [2.24, 2.45) is 11.8 Å². The second-order valence-corrected chi connectivity index (χ2v) is 6.78. The molecule has 2 atom stereocenters. The van der Waals surface area contributed by atoms with Crippen molar-refractivity contribution in [3.63, 3.8) is 0 Å². The quantitative estimate of drug-likeness (QED) is 0.868. The number of hydrogen-bond donors (Lipinski definition) is 0. The van der Waals surface area contributed by atoms with Crippen molar-refractivity contribution in [2.75, 3.05) is 26.2 Å². The van der Waals surface area contributed by atoms with Crippen LogP contribution in [0.4, 0.5) is 0 Å². The van der Waals surface area contributed by atoms with Crippen LogP contribution in [-0.2, 0) is 13.1 Å². The van der Waals surface area contributed by atoms with Gasteiger partial charge in [0.25, 0.3) is 0 Å². The van der Waals surface area contributed by atoms with Crippen molar-refractivity contribution in [1.82, 2.24) is 14.8 Å². The summed E-state index contributed by atoms with van der Waals surface area (Å²) in [5.41, 5.74) is 1.32. The van der Waals surface area contributed by atoms with Crippen LogP contribution in [-0.4, -0.2) is 41.0 Å². The summed E-state index contributed by atoms with van der Waals surface area (Å²) < 4.78 is 5.71. The van der Waals surface area contributed by atoms with E-state index in [1.807, 2.05) is 25.4 Å². The zero-order valence-electron chi connectivity index (χ0n) is 13.1. The molecule has 0 unspecified atom stereocenters. The monoisotopic (exact) mass is 297 g/mol. The number of fused-ring (bicyclic) bond motifs is 1. The molecule has 0 aromatic carbocycles. The first-order valence-corrected chi connectivity index (χ1v) is 8.15. The zero-order chi connectivity index (χ0) is 14.9. The second-order valence-electron chi connectivity index (χ2n) is 6.78. The first-order valence-electron chi connectivity index (χ1n) is 8.15. The first kappa shape index (κ1) is 14.0. The lowest BCUT2D eigenvalue weighted by Crippen LogP contribution is -2.28. The summed E-state index contributed by atoms with van der Waals surface area (Å²) in [6, 6.07) is 8.37. The van der Waals surface area contributed by atoms with E-state index in [4.69, 9.17) is 4.42 Å². The maximum absolute atomic E-state index is 5.71. The smallest absolute Gasteiger partial charge is 0.118 e. The van der Waals surface area contributed by atoms with Crippen LogP contribution in [0, 0.1) is 18.8 Å². The Morgan fingerprint density at radius 1 is 1.05 bits per heavy atom. The summed E-state index contributed by atoms with van der Waals surface area (Å²) in [6.45, 7) is 8.85. The number of aryl methyl sites for hydroxylation is 1. The SMILES string of the molecule is Cc1ccc(CN2C[C@H]3CN(Cc4cccnc4)C[C@@H]3C2)o1. The van der Waals surface area contributed by atoms with Gasteiger partial charge in [-0.3, -0.25) is 14.8 Å². The van der Waals surface area contributed by atoms with E-state index < -0.39 is 0 Å². The first-order chi connectivity index (χ1) is 10.8. The molecule has 4 heteroatoms. The molecule has 22 heavy (non-hydrogen) atoms. The van der Waals surface area contributed by atoms with E-state index >= 15 is 0 Å². The summed E-state index contributed by atoms with van der Waals surface area (Å²) in [4.78, 5) is 9.35. The molecular weight excluding hydrogens is 274 g/mol. The number of rotatable bonds is 4. The Bertz CT molecular complexity index is 610. The summed E-state index contributed by atoms with van der Waals surface area (Å²) in [7, 11) is 0. The van der Waals surface area contributed by atoms with Crippen molar-refractivity contribution in [1.29, 1.82) is 0 Å². The van der Waals surface area contributed by atoms with E-state index in [2.05, 4.69) is 33.0 Å². The number of hydrogen-bond acceptors (Lipinski definition) is 4. The molecule has 0 N–H and O–H groups in total. The van der Waals surface area contributed by atoms with Crippen LogP contribution in [0.2, 0.25) is 0 Å². The predicted octanol–water partition coefficient (Wildman–Crippen LogP) is 2.55. The number of furan rings is 1. The van der Waals surface area contributed by atoms with Gasteiger partial charge in [-0.1, -0.05) is 6.07 Å². The van der Waals surface area contributed by atoms with E-state index in [-0.39, 0.29) is 0 Å². The molecule has 0 spiro atoms. The minimum atomic E-state index is 0.813. The van der Waals surface area contributed by atoms with Gasteiger partial charge in [-0.2, -0.15) is 0 Å². The second kappa shape index (κ2) is 5.86. The lowest BCUT2D eigenvalue weighted by Gasteiger charge is -2.20. The minimum Gasteiger partial charge on any atom is -0.465 e. The van der Waals surface area contributed by atoms with Gasteiger partial charge < -0.3 is 4.42 Å². The summed E-state index contributed by atoms with van der Waals surface area (Å²) in [5.74, 6) is 3.74. The van der Waals surface area contributed by atoms with Crippen LogP contribution in [0.15, 0.2) is 41.1 Å². The number of aromatic nitrogens is 1. The molecule has 2 aliphatic heterocycles. The molecule has 0 bridgehead atoms. The Hall–Kier alpha value is -1.65. The molecule has 2 aliphatic rings. The van der Waals surface area contributed by atoms with E-state index in [1.165, 1.54) is 31.7 Å². The third-order valence-electron chi connectivity index (χ3n) is 4.94. The molecule has 0 saturated carbocycles. The molecule has 0 radical (unpaired) electrons. The minimum absolute atomic E-state index is 0.813. The molecule has 0 aliphatic carbocycles. The van der Waals surface area contributed by atoms with Gasteiger partial charge in [0.15, 0.2) is 0 Å². The topological polar surface area (TPSA) is 32.5 Å². The molecule has 2 saturated heterocycles. The van der Waals surface area contributed by atoms with Gasteiger partial charge in [-0.25, -0.2) is 0 Å². The molecule has 2 aromatic heterocycles. The van der Waals surface area contributed by atoms with Gasteiger partial charge in [0.2, 0.25) is 0 Å². The van der Waals surface area contributed by atoms with Crippen molar-refractivity contribution >= 4 is 0 Å². The molecule has 4 heterocycles. The van der Waals surface area contributed by atoms with E-state index in [1.54, 1.807) is 0 Å². The lowest BCUT2D eigenvalue weighted by molar-refractivity contribution is 0.234. The van der Waals surface area contributed by atoms with Crippen LogP contribution >= 0.6 is 0 Å². The van der Waals surface area contributed by atoms with Crippen LogP contribution in [0.5, 0.6) is 0 Å². The zero-order valence-corrected chi connectivity index (χ0v) is 13.1. The lowest BCUT2D eigenvalue weighted by atomic mass is 10.0. The van der Waals surface area contributed by atoms with Crippen molar-refractivity contribution in [2.45, 2.75) is 20.0 Å². The third kappa shape index (κ3) is 2.94. The summed E-state index contributed by atoms with van der Waals surface area (Å²) in [5, 5.41) is 0. The van der Waals surface area contributed by atoms with Crippen molar-refractivity contribution < 1.29 is 4.42 Å². The highest BCUT2D eigenvalue weighted by Crippen LogP contribution is 2.32. The maximum atomic E-state index is 5.71. The average Bonchev–Trinajstić information content (AvgIpc) is 3.16. The van der Waals surface area contributed by atoms with Crippen molar-refractivity contribution in [3.05, 3.63) is 53.7 Å². The summed E-state index contributed by atoms with van der Waals surface area (Å²) >= 11 is 0. The van der Waals surface area contributed by atoms with Gasteiger partial charge in [0.05, 0.1) is 6.54 Å². The molecule has 2 fully saturated rings. The fraction of sp³-hybridized carbons (Fsp3) is 0.500. The number of nitrogens with zero attached hydrogens (tertiary/aromatic N) is 3. The highest BCUT2D eigenvalue weighted by Gasteiger charge is 2.39. The average molecular weight is 297 g/mol. The molecule has 4 nitrogen and oxygen atoms in total. The largest absolute Gasteiger partial charge is 0.465 e. The van der Waals surface area contributed by atoms with Gasteiger partial charge in [0, 0.05) is 45.1 Å². The van der Waals surface area contributed by atoms with Crippen LogP contribution < -0.4 is 0 Å². The van der Waals surface area contributed by atoms with Crippen LogP contribution in [0.1, 0.15) is 17.1 Å². The molecule has 2 aromatic rings. The number of pyridine rings is 1. The van der Waals surface area contributed by atoms with Gasteiger partial charge in [0.1, 0.15) is 11.5 Å². The Kier molecular flexibility index (Phi) is 3.72. The Labute approximate surface area is 131 Å². The van der Waals surface area contributed by atoms with Crippen LogP contribution in [0.3, 0.4) is 0 Å². The van der Waals surface area contributed by atoms with Gasteiger partial charge >= 0.3 is 0 Å². The molecule has 4 rings (SSSR count).